The van der Waals surface area contributed by atoms with Crippen LogP contribution in [0, 0.1) is 0 Å². The predicted octanol–water partition coefficient (Wildman–Crippen LogP) is 4.14. The highest BCUT2D eigenvalue weighted by molar-refractivity contribution is 14.2. The first-order valence-electron chi connectivity index (χ1n) is 9.81. The third kappa shape index (κ3) is 3.66. The van der Waals surface area contributed by atoms with Crippen LogP contribution in [0.5, 0.6) is 11.5 Å². The second-order valence-corrected chi connectivity index (χ2v) is 8.91. The Hall–Kier alpha value is -2.98. The first kappa shape index (κ1) is 20.0. The molecule has 2 aliphatic rings. The number of hydrogen-bond donors (Lipinski definition) is 2. The van der Waals surface area contributed by atoms with Gasteiger partial charge in [0.2, 0.25) is 5.95 Å². The highest BCUT2D eigenvalue weighted by Crippen LogP contribution is 2.37. The smallest absolute Gasteiger partial charge is 0.223 e. The van der Waals surface area contributed by atoms with E-state index in [1.54, 1.807) is 14.2 Å². The summed E-state index contributed by atoms with van der Waals surface area (Å²) in [5, 5.41) is 3.97. The lowest BCUT2D eigenvalue weighted by Gasteiger charge is -2.23. The zero-order chi connectivity index (χ0) is 21.4. The number of methoxy groups -OCH3 is 2. The fourth-order valence-corrected chi connectivity index (χ4v) is 5.60. The van der Waals surface area contributed by atoms with Gasteiger partial charge in [0.05, 0.1) is 25.4 Å². The summed E-state index contributed by atoms with van der Waals surface area (Å²) in [6.07, 6.45) is 6.89. The zero-order valence-corrected chi connectivity index (χ0v) is 19.5. The van der Waals surface area contributed by atoms with Crippen LogP contribution in [0.1, 0.15) is 5.56 Å². The molecule has 1 aromatic heterocycles. The molecule has 2 aromatic carbocycles. The van der Waals surface area contributed by atoms with Gasteiger partial charge in [-0.15, -0.1) is 0 Å². The molecule has 3 heterocycles. The van der Waals surface area contributed by atoms with Crippen molar-refractivity contribution in [1.82, 2.24) is 18.4 Å². The molecule has 0 fully saturated rings. The highest BCUT2D eigenvalue weighted by atomic mass is 127. The molecule has 0 bridgehead atoms. The number of nitrogens with zero attached hydrogens (tertiary/aromatic N) is 3. The maximum atomic E-state index is 5.52. The number of anilines is 1. The Labute approximate surface area is 190 Å². The van der Waals surface area contributed by atoms with Crippen LogP contribution >= 0.6 is 21.0 Å². The summed E-state index contributed by atoms with van der Waals surface area (Å²) in [6, 6.07) is 12.3. The zero-order valence-electron chi connectivity index (χ0n) is 17.4. The van der Waals surface area contributed by atoms with Crippen molar-refractivity contribution < 1.29 is 9.47 Å². The van der Waals surface area contributed by atoms with Crippen LogP contribution in [0.15, 0.2) is 54.8 Å². The monoisotopic (exact) mass is 527 g/mol. The lowest BCUT2D eigenvalue weighted by Crippen LogP contribution is -2.32. The van der Waals surface area contributed by atoms with Gasteiger partial charge in [0.15, 0.2) is 11.5 Å². The lowest BCUT2D eigenvalue weighted by atomic mass is 9.98. The van der Waals surface area contributed by atoms with Gasteiger partial charge in [-0.25, -0.2) is 13.5 Å². The van der Waals surface area contributed by atoms with Gasteiger partial charge >= 0.3 is 0 Å². The summed E-state index contributed by atoms with van der Waals surface area (Å²) in [5.41, 5.74) is 4.97. The average Bonchev–Trinajstić information content (AvgIpc) is 3.30. The van der Waals surface area contributed by atoms with Gasteiger partial charge in [0, 0.05) is 34.4 Å². The quantitative estimate of drug-likeness (QED) is 0.382. The SMILES string of the molecule is CNc1nc(-c2cccc(C3=CN4C=INC4C=C3)c2)c2cc(OC)c(OC)cc2n1. The second-order valence-electron chi connectivity index (χ2n) is 7.10. The molecule has 0 saturated heterocycles. The summed E-state index contributed by atoms with van der Waals surface area (Å²) in [7, 11) is 5.08. The predicted molar refractivity (Wildman–Crippen MR) is 134 cm³/mol. The summed E-state index contributed by atoms with van der Waals surface area (Å²) < 4.78 is 16.8. The van der Waals surface area contributed by atoms with E-state index in [9.17, 15) is 0 Å². The number of allylic oxidation sites excluding steroid dienone is 2. The first-order chi connectivity index (χ1) is 15.2. The van der Waals surface area contributed by atoms with Crippen LogP contribution in [-0.4, -0.2) is 46.4 Å². The van der Waals surface area contributed by atoms with Gasteiger partial charge in [0.25, 0.3) is 0 Å². The fraction of sp³-hybridized carbons (Fsp3) is 0.174. The maximum absolute atomic E-state index is 5.52. The Morgan fingerprint density at radius 2 is 1.87 bits per heavy atom. The Morgan fingerprint density at radius 1 is 1.06 bits per heavy atom. The molecule has 0 spiro atoms. The van der Waals surface area contributed by atoms with Crippen LogP contribution in [0.2, 0.25) is 0 Å². The summed E-state index contributed by atoms with van der Waals surface area (Å²) in [6.45, 7) is 0. The number of benzene rings is 2. The number of aromatic nitrogens is 2. The van der Waals surface area contributed by atoms with E-state index in [0.29, 0.717) is 23.6 Å². The van der Waals surface area contributed by atoms with Gasteiger partial charge in [0.1, 0.15) is 6.17 Å². The second kappa shape index (κ2) is 8.27. The van der Waals surface area contributed by atoms with Crippen LogP contribution in [0.3, 0.4) is 0 Å². The van der Waals surface area contributed by atoms with E-state index in [1.165, 1.54) is 5.57 Å². The summed E-state index contributed by atoms with van der Waals surface area (Å²) >= 11 is -0.0702. The Balaban J connectivity index is 1.65. The van der Waals surface area contributed by atoms with Gasteiger partial charge in [-0.3, -0.25) is 0 Å². The van der Waals surface area contributed by atoms with Crippen molar-refractivity contribution in [3.63, 3.8) is 0 Å². The minimum atomic E-state index is -0.0702. The average molecular weight is 527 g/mol. The Kier molecular flexibility index (Phi) is 5.33. The Morgan fingerprint density at radius 3 is 2.68 bits per heavy atom. The number of halogens is 1. The first-order valence-corrected chi connectivity index (χ1v) is 12.1. The topological polar surface area (TPSA) is 71.5 Å². The number of nitrogens with one attached hydrogen (secondary N) is 2. The van der Waals surface area contributed by atoms with Gasteiger partial charge in [-0.05, 0) is 50.3 Å². The van der Waals surface area contributed by atoms with Crippen molar-refractivity contribution in [3.05, 3.63) is 60.3 Å². The van der Waals surface area contributed by atoms with E-state index in [0.717, 1.165) is 27.7 Å². The van der Waals surface area contributed by atoms with Crippen molar-refractivity contribution in [3.8, 4) is 22.8 Å². The summed E-state index contributed by atoms with van der Waals surface area (Å²) in [4.78, 5) is 11.7. The van der Waals surface area contributed by atoms with Gasteiger partial charge < -0.3 is 19.7 Å². The molecule has 3 aromatic rings. The molecule has 7 nitrogen and oxygen atoms in total. The van der Waals surface area contributed by atoms with Crippen LogP contribution in [-0.2, 0) is 0 Å². The largest absolute Gasteiger partial charge is 0.493 e. The van der Waals surface area contributed by atoms with E-state index >= 15 is 0 Å². The van der Waals surface area contributed by atoms with E-state index in [4.69, 9.17) is 14.5 Å². The van der Waals surface area contributed by atoms with Crippen molar-refractivity contribution in [1.29, 1.82) is 0 Å². The van der Waals surface area contributed by atoms with Crippen molar-refractivity contribution >= 4 is 47.6 Å². The molecule has 1 unspecified atom stereocenters. The van der Waals surface area contributed by atoms with E-state index < -0.39 is 0 Å². The van der Waals surface area contributed by atoms with Crippen LogP contribution < -0.4 is 18.3 Å². The van der Waals surface area contributed by atoms with Gasteiger partial charge in [-0.1, -0.05) is 24.3 Å². The number of fused-ring (bicyclic) bond motifs is 2. The molecular weight excluding hydrogens is 505 g/mol. The molecule has 31 heavy (non-hydrogen) atoms. The van der Waals surface area contributed by atoms with Crippen LogP contribution in [0.4, 0.5) is 5.95 Å². The summed E-state index contributed by atoms with van der Waals surface area (Å²) in [5.74, 6) is 1.85. The molecule has 0 aliphatic carbocycles. The van der Waals surface area contributed by atoms with E-state index in [1.807, 2.05) is 19.2 Å². The maximum Gasteiger partial charge on any atom is 0.223 e. The molecule has 0 saturated carbocycles. The fourth-order valence-electron chi connectivity index (χ4n) is 3.71. The Bertz CT molecular complexity index is 1250. The lowest BCUT2D eigenvalue weighted by molar-refractivity contribution is 0.356. The van der Waals surface area contributed by atoms with E-state index in [-0.39, 0.29) is 21.0 Å². The number of hydrogen-bond acceptors (Lipinski definition) is 7. The molecular formula is C23H22IN5O2. The van der Waals surface area contributed by atoms with Gasteiger partial charge in [-0.2, -0.15) is 0 Å². The number of ether oxygens (including phenoxy) is 2. The van der Waals surface area contributed by atoms with Crippen molar-refractivity contribution in [2.75, 3.05) is 26.6 Å². The minimum Gasteiger partial charge on any atom is -0.493 e. The molecule has 5 rings (SSSR count). The molecule has 1 atom stereocenters. The highest BCUT2D eigenvalue weighted by Gasteiger charge is 2.20. The normalized spacial score (nSPS) is 17.2. The van der Waals surface area contributed by atoms with Crippen molar-refractivity contribution in [2.24, 2.45) is 0 Å². The number of rotatable bonds is 5. The molecule has 0 radical (unpaired) electrons. The molecule has 2 aliphatic heterocycles. The third-order valence-electron chi connectivity index (χ3n) is 5.30. The van der Waals surface area contributed by atoms with Crippen molar-refractivity contribution in [2.45, 2.75) is 6.17 Å². The van der Waals surface area contributed by atoms with E-state index in [2.05, 4.69) is 65.5 Å². The molecule has 0 amide bonds. The third-order valence-corrected chi connectivity index (χ3v) is 7.22. The molecule has 158 valence electrons. The van der Waals surface area contributed by atoms with Crippen LogP contribution in [0.25, 0.3) is 27.7 Å². The standard InChI is InChI=1S/C23H22IN5O2/c1-25-23-26-18-11-20(31-3)19(30-2)10-17(18)22(27-23)15-6-4-5-14(9-15)16-7-8-21-28-24-13-29(21)12-16/h4-13,21,28H,1-3H3,(H,25,26,27). The molecule has 8 heteroatoms. The minimum absolute atomic E-state index is 0.0702. The molecule has 2 N–H and O–H groups in total.